The summed E-state index contributed by atoms with van der Waals surface area (Å²) in [5, 5.41) is 1.83. The third-order valence-corrected chi connectivity index (χ3v) is 4.56. The standard InChI is InChI=1S/C19H23BrN2O3/c1-5-22(15-8-6-13(2)7-9-15)21-19(23)11-14-10-17(24-3)18(25-4)12-16(14)20/h6-10,12H,5,11H2,1-4H3,(H,21,23). The molecule has 0 spiro atoms. The summed E-state index contributed by atoms with van der Waals surface area (Å²) < 4.78 is 11.4. The third-order valence-electron chi connectivity index (χ3n) is 3.83. The molecule has 2 aromatic rings. The van der Waals surface area contributed by atoms with Gasteiger partial charge in [-0.2, -0.15) is 0 Å². The Bertz CT molecular complexity index is 732. The number of nitrogens with zero attached hydrogens (tertiary/aromatic N) is 1. The van der Waals surface area contributed by atoms with Gasteiger partial charge in [0.2, 0.25) is 5.91 Å². The van der Waals surface area contributed by atoms with E-state index in [1.807, 2.05) is 49.2 Å². The molecule has 0 atom stereocenters. The summed E-state index contributed by atoms with van der Waals surface area (Å²) in [6.45, 7) is 4.70. The van der Waals surface area contributed by atoms with Crippen LogP contribution in [0.4, 0.5) is 5.69 Å². The van der Waals surface area contributed by atoms with Crippen molar-refractivity contribution >= 4 is 27.5 Å². The number of rotatable bonds is 7. The van der Waals surface area contributed by atoms with Gasteiger partial charge in [0.25, 0.3) is 0 Å². The largest absolute Gasteiger partial charge is 0.493 e. The first-order valence-electron chi connectivity index (χ1n) is 8.02. The van der Waals surface area contributed by atoms with Crippen molar-refractivity contribution in [2.45, 2.75) is 20.3 Å². The van der Waals surface area contributed by atoms with Crippen molar-refractivity contribution in [2.24, 2.45) is 0 Å². The average Bonchev–Trinajstić information content (AvgIpc) is 2.61. The van der Waals surface area contributed by atoms with E-state index in [2.05, 4.69) is 21.4 Å². The van der Waals surface area contributed by atoms with Crippen LogP contribution in [0.15, 0.2) is 40.9 Å². The predicted octanol–water partition coefficient (Wildman–Crippen LogP) is 3.87. The molecule has 0 radical (unpaired) electrons. The molecular formula is C19H23BrN2O3. The van der Waals surface area contributed by atoms with Crippen LogP contribution in [0.3, 0.4) is 0 Å². The molecule has 0 aliphatic rings. The Morgan fingerprint density at radius 1 is 1.12 bits per heavy atom. The van der Waals surface area contributed by atoms with Crippen LogP contribution in [-0.2, 0) is 11.2 Å². The lowest BCUT2D eigenvalue weighted by Crippen LogP contribution is -2.43. The minimum absolute atomic E-state index is 0.102. The minimum atomic E-state index is -0.102. The number of methoxy groups -OCH3 is 2. The van der Waals surface area contributed by atoms with Crippen LogP contribution >= 0.6 is 15.9 Å². The Labute approximate surface area is 157 Å². The number of aryl methyl sites for hydroxylation is 1. The Morgan fingerprint density at radius 2 is 1.72 bits per heavy atom. The van der Waals surface area contributed by atoms with Crippen molar-refractivity contribution in [3.05, 3.63) is 52.0 Å². The molecule has 1 amide bonds. The number of hydrogen-bond acceptors (Lipinski definition) is 4. The lowest BCUT2D eigenvalue weighted by Gasteiger charge is -2.24. The van der Waals surface area contributed by atoms with Gasteiger partial charge in [-0.15, -0.1) is 0 Å². The Balaban J connectivity index is 2.12. The molecule has 2 rings (SSSR count). The average molecular weight is 407 g/mol. The third kappa shape index (κ3) is 4.89. The summed E-state index contributed by atoms with van der Waals surface area (Å²) in [6.07, 6.45) is 0.225. The minimum Gasteiger partial charge on any atom is -0.493 e. The maximum Gasteiger partial charge on any atom is 0.242 e. The maximum absolute atomic E-state index is 12.5. The molecule has 0 saturated carbocycles. The summed E-state index contributed by atoms with van der Waals surface area (Å²) in [5.41, 5.74) is 5.91. The zero-order valence-electron chi connectivity index (χ0n) is 14.9. The van der Waals surface area contributed by atoms with Gasteiger partial charge < -0.3 is 9.47 Å². The first-order chi connectivity index (χ1) is 12.0. The number of anilines is 1. The van der Waals surface area contributed by atoms with Crippen LogP contribution in [0.1, 0.15) is 18.1 Å². The molecule has 0 bridgehead atoms. The highest BCUT2D eigenvalue weighted by Crippen LogP contribution is 2.33. The van der Waals surface area contributed by atoms with E-state index >= 15 is 0 Å². The second kappa shape index (κ2) is 8.76. The van der Waals surface area contributed by atoms with E-state index in [-0.39, 0.29) is 12.3 Å². The zero-order valence-corrected chi connectivity index (χ0v) is 16.5. The smallest absolute Gasteiger partial charge is 0.242 e. The molecule has 2 aromatic carbocycles. The number of amides is 1. The predicted molar refractivity (Wildman–Crippen MR) is 103 cm³/mol. The lowest BCUT2D eigenvalue weighted by atomic mass is 10.1. The summed E-state index contributed by atoms with van der Waals surface area (Å²) in [7, 11) is 3.16. The van der Waals surface area contributed by atoms with E-state index in [9.17, 15) is 4.79 Å². The number of ether oxygens (including phenoxy) is 2. The van der Waals surface area contributed by atoms with Crippen LogP contribution in [0.25, 0.3) is 0 Å². The second-order valence-corrected chi connectivity index (χ2v) is 6.44. The van der Waals surface area contributed by atoms with Gasteiger partial charge >= 0.3 is 0 Å². The molecule has 0 aromatic heterocycles. The maximum atomic E-state index is 12.5. The van der Waals surface area contributed by atoms with Gasteiger partial charge in [0, 0.05) is 11.0 Å². The van der Waals surface area contributed by atoms with Gasteiger partial charge in [0.05, 0.1) is 26.3 Å². The quantitative estimate of drug-likeness (QED) is 0.708. The van der Waals surface area contributed by atoms with E-state index in [1.54, 1.807) is 20.3 Å². The van der Waals surface area contributed by atoms with Crippen molar-refractivity contribution < 1.29 is 14.3 Å². The number of hydrazine groups is 1. The number of carbonyl (C=O) groups is 1. The molecule has 0 heterocycles. The topological polar surface area (TPSA) is 50.8 Å². The van der Waals surface area contributed by atoms with Crippen LogP contribution < -0.4 is 19.9 Å². The van der Waals surface area contributed by atoms with Crippen molar-refractivity contribution in [3.63, 3.8) is 0 Å². The van der Waals surface area contributed by atoms with Crippen LogP contribution in [0.5, 0.6) is 11.5 Å². The molecule has 0 saturated heterocycles. The molecule has 0 unspecified atom stereocenters. The number of halogens is 1. The lowest BCUT2D eigenvalue weighted by molar-refractivity contribution is -0.120. The zero-order chi connectivity index (χ0) is 18.4. The van der Waals surface area contributed by atoms with Gasteiger partial charge in [-0.05, 0) is 43.7 Å². The monoisotopic (exact) mass is 406 g/mol. The van der Waals surface area contributed by atoms with Crippen LogP contribution in [-0.4, -0.2) is 26.7 Å². The Hall–Kier alpha value is -2.21. The van der Waals surface area contributed by atoms with E-state index in [1.165, 1.54) is 5.56 Å². The fourth-order valence-electron chi connectivity index (χ4n) is 2.45. The molecule has 0 fully saturated rings. The molecular weight excluding hydrogens is 384 g/mol. The molecule has 5 nitrogen and oxygen atoms in total. The summed E-state index contributed by atoms with van der Waals surface area (Å²) in [4.78, 5) is 12.5. The van der Waals surface area contributed by atoms with E-state index in [0.717, 1.165) is 15.7 Å². The number of benzene rings is 2. The highest BCUT2D eigenvalue weighted by Gasteiger charge is 2.14. The summed E-state index contributed by atoms with van der Waals surface area (Å²) >= 11 is 3.49. The summed E-state index contributed by atoms with van der Waals surface area (Å²) in [5.74, 6) is 1.11. The van der Waals surface area contributed by atoms with Crippen LogP contribution in [0, 0.1) is 6.92 Å². The molecule has 0 aliphatic heterocycles. The van der Waals surface area contributed by atoms with Crippen molar-refractivity contribution in [3.8, 4) is 11.5 Å². The number of nitrogens with one attached hydrogen (secondary N) is 1. The molecule has 0 aliphatic carbocycles. The summed E-state index contributed by atoms with van der Waals surface area (Å²) in [6, 6.07) is 11.6. The Kier molecular flexibility index (Phi) is 6.70. The Morgan fingerprint density at radius 3 is 2.28 bits per heavy atom. The first kappa shape index (κ1) is 19.1. The van der Waals surface area contributed by atoms with E-state index in [0.29, 0.717) is 18.0 Å². The number of carbonyl (C=O) groups excluding carboxylic acids is 1. The van der Waals surface area contributed by atoms with Gasteiger partial charge in [0.1, 0.15) is 0 Å². The fraction of sp³-hybridized carbons (Fsp3) is 0.316. The SMILES string of the molecule is CCN(NC(=O)Cc1cc(OC)c(OC)cc1Br)c1ccc(C)cc1. The molecule has 25 heavy (non-hydrogen) atoms. The normalized spacial score (nSPS) is 10.3. The fourth-order valence-corrected chi connectivity index (χ4v) is 2.91. The van der Waals surface area contributed by atoms with Gasteiger partial charge in [-0.25, -0.2) is 0 Å². The highest BCUT2D eigenvalue weighted by molar-refractivity contribution is 9.10. The highest BCUT2D eigenvalue weighted by atomic mass is 79.9. The molecule has 134 valence electrons. The van der Waals surface area contributed by atoms with Gasteiger partial charge in [-0.1, -0.05) is 33.6 Å². The van der Waals surface area contributed by atoms with Gasteiger partial charge in [-0.3, -0.25) is 15.2 Å². The second-order valence-electron chi connectivity index (χ2n) is 5.59. The molecule has 6 heteroatoms. The molecule has 1 N–H and O–H groups in total. The first-order valence-corrected chi connectivity index (χ1v) is 8.81. The van der Waals surface area contributed by atoms with Gasteiger partial charge in [0.15, 0.2) is 11.5 Å². The van der Waals surface area contributed by atoms with Crippen molar-refractivity contribution in [2.75, 3.05) is 25.8 Å². The van der Waals surface area contributed by atoms with Crippen molar-refractivity contribution in [1.82, 2.24) is 5.43 Å². The van der Waals surface area contributed by atoms with E-state index < -0.39 is 0 Å². The van der Waals surface area contributed by atoms with Crippen LogP contribution in [0.2, 0.25) is 0 Å². The number of hydrogen-bond donors (Lipinski definition) is 1. The van der Waals surface area contributed by atoms with Crippen molar-refractivity contribution in [1.29, 1.82) is 0 Å². The van der Waals surface area contributed by atoms with E-state index in [4.69, 9.17) is 9.47 Å².